The summed E-state index contributed by atoms with van der Waals surface area (Å²) >= 11 is 0. The van der Waals surface area contributed by atoms with Crippen molar-refractivity contribution in [1.29, 1.82) is 0 Å². The van der Waals surface area contributed by atoms with Crippen molar-refractivity contribution in [1.82, 2.24) is 30.4 Å². The topological polar surface area (TPSA) is 86.8 Å². The van der Waals surface area contributed by atoms with Gasteiger partial charge in [0, 0.05) is 24.8 Å². The summed E-state index contributed by atoms with van der Waals surface area (Å²) in [7, 11) is 1.97. The fourth-order valence-electron chi connectivity index (χ4n) is 3.37. The summed E-state index contributed by atoms with van der Waals surface area (Å²) in [4.78, 5) is 23.0. The molecule has 1 aromatic carbocycles. The van der Waals surface area contributed by atoms with Crippen molar-refractivity contribution < 1.29 is 9.18 Å². The highest BCUT2D eigenvalue weighted by molar-refractivity contribution is 5.92. The van der Waals surface area contributed by atoms with E-state index in [4.69, 9.17) is 0 Å². The molecular formula is C19H19FN6O. The third-order valence-electron chi connectivity index (χ3n) is 4.68. The molecule has 2 N–H and O–H groups in total. The number of rotatable bonds is 4. The van der Waals surface area contributed by atoms with Gasteiger partial charge >= 0.3 is 0 Å². The van der Waals surface area contributed by atoms with E-state index in [-0.39, 0.29) is 17.7 Å². The van der Waals surface area contributed by atoms with Gasteiger partial charge in [-0.1, -0.05) is 30.3 Å². The Hall–Kier alpha value is -3.13. The van der Waals surface area contributed by atoms with Crippen molar-refractivity contribution in [2.24, 2.45) is 0 Å². The molecule has 1 fully saturated rings. The van der Waals surface area contributed by atoms with Gasteiger partial charge in [-0.2, -0.15) is 5.10 Å². The lowest BCUT2D eigenvalue weighted by molar-refractivity contribution is 0.0925. The third kappa shape index (κ3) is 3.56. The van der Waals surface area contributed by atoms with Crippen LogP contribution in [-0.2, 0) is 0 Å². The molecule has 2 atom stereocenters. The number of aromatic amines is 1. The first-order chi connectivity index (χ1) is 13.1. The number of amides is 1. The molecule has 1 saturated heterocycles. The lowest BCUT2D eigenvalue weighted by Crippen LogP contribution is -2.40. The van der Waals surface area contributed by atoms with E-state index >= 15 is 0 Å². The quantitative estimate of drug-likeness (QED) is 0.736. The number of hydrogen-bond acceptors (Lipinski definition) is 5. The predicted molar refractivity (Wildman–Crippen MR) is 97.5 cm³/mol. The Bertz CT molecular complexity index is 944. The molecule has 0 spiro atoms. The molecule has 27 heavy (non-hydrogen) atoms. The van der Waals surface area contributed by atoms with Gasteiger partial charge in [-0.25, -0.2) is 14.4 Å². The van der Waals surface area contributed by atoms with Crippen LogP contribution in [0.4, 0.5) is 4.39 Å². The Morgan fingerprint density at radius 1 is 1.22 bits per heavy atom. The van der Waals surface area contributed by atoms with Gasteiger partial charge in [0.2, 0.25) is 0 Å². The van der Waals surface area contributed by atoms with Gasteiger partial charge in [-0.15, -0.1) is 0 Å². The van der Waals surface area contributed by atoms with Gasteiger partial charge in [0.25, 0.3) is 5.91 Å². The summed E-state index contributed by atoms with van der Waals surface area (Å²) in [6, 6.07) is 12.1. The van der Waals surface area contributed by atoms with Crippen LogP contribution in [0.25, 0.3) is 11.4 Å². The SMILES string of the molecule is CN1C[C@@H](NC(=O)c2ncccc2F)[C@H](c2nc(-c3ccccc3)n[nH]2)C1. The number of benzene rings is 1. The molecule has 1 aliphatic rings. The Balaban J connectivity index is 1.54. The molecule has 0 saturated carbocycles. The number of hydrogen-bond donors (Lipinski definition) is 2. The van der Waals surface area contributed by atoms with Gasteiger partial charge in [-0.05, 0) is 19.2 Å². The maximum atomic E-state index is 13.8. The first kappa shape index (κ1) is 17.3. The first-order valence-electron chi connectivity index (χ1n) is 8.69. The number of halogens is 1. The number of carbonyl (C=O) groups excluding carboxylic acids is 1. The van der Waals surface area contributed by atoms with Gasteiger partial charge in [-0.3, -0.25) is 9.89 Å². The van der Waals surface area contributed by atoms with Gasteiger partial charge in [0.1, 0.15) is 5.82 Å². The van der Waals surface area contributed by atoms with E-state index in [1.54, 1.807) is 0 Å². The van der Waals surface area contributed by atoms with Gasteiger partial charge in [0.15, 0.2) is 17.3 Å². The monoisotopic (exact) mass is 366 g/mol. The Morgan fingerprint density at radius 2 is 2.04 bits per heavy atom. The fraction of sp³-hybridized carbons (Fsp3) is 0.263. The lowest BCUT2D eigenvalue weighted by Gasteiger charge is -2.17. The zero-order valence-corrected chi connectivity index (χ0v) is 14.8. The molecule has 0 radical (unpaired) electrons. The molecule has 7 nitrogen and oxygen atoms in total. The number of H-pyrrole nitrogens is 1. The van der Waals surface area contributed by atoms with Crippen LogP contribution in [0, 0.1) is 5.82 Å². The smallest absolute Gasteiger partial charge is 0.273 e. The molecular weight excluding hydrogens is 347 g/mol. The molecule has 1 aliphatic heterocycles. The summed E-state index contributed by atoms with van der Waals surface area (Å²) in [6.45, 7) is 1.34. The Morgan fingerprint density at radius 3 is 2.81 bits per heavy atom. The van der Waals surface area contributed by atoms with E-state index in [2.05, 4.69) is 30.4 Å². The summed E-state index contributed by atoms with van der Waals surface area (Å²) in [5, 5.41) is 10.2. The van der Waals surface area contributed by atoms with Crippen LogP contribution < -0.4 is 5.32 Å². The fourth-order valence-corrected chi connectivity index (χ4v) is 3.37. The highest BCUT2D eigenvalue weighted by Gasteiger charge is 2.36. The molecule has 3 heterocycles. The summed E-state index contributed by atoms with van der Waals surface area (Å²) in [5.74, 6) is 0.0758. The van der Waals surface area contributed by atoms with Crippen LogP contribution >= 0.6 is 0 Å². The van der Waals surface area contributed by atoms with E-state index in [0.29, 0.717) is 24.7 Å². The largest absolute Gasteiger partial charge is 0.346 e. The normalized spacial score (nSPS) is 19.9. The maximum Gasteiger partial charge on any atom is 0.273 e. The minimum atomic E-state index is -0.635. The van der Waals surface area contributed by atoms with Crippen molar-refractivity contribution in [2.45, 2.75) is 12.0 Å². The molecule has 0 unspecified atom stereocenters. The molecule has 8 heteroatoms. The van der Waals surface area contributed by atoms with Crippen LogP contribution in [0.1, 0.15) is 22.2 Å². The Labute approximate surface area is 155 Å². The van der Waals surface area contributed by atoms with Gasteiger partial charge < -0.3 is 10.2 Å². The van der Waals surface area contributed by atoms with E-state index in [0.717, 1.165) is 5.56 Å². The molecule has 3 aromatic rings. The van der Waals surface area contributed by atoms with Crippen LogP contribution in [0.15, 0.2) is 48.7 Å². The summed E-state index contributed by atoms with van der Waals surface area (Å²) < 4.78 is 13.8. The number of aromatic nitrogens is 4. The average molecular weight is 366 g/mol. The zero-order chi connectivity index (χ0) is 18.8. The highest BCUT2D eigenvalue weighted by Crippen LogP contribution is 2.26. The number of carbonyl (C=O) groups is 1. The number of nitrogens with zero attached hydrogens (tertiary/aromatic N) is 4. The maximum absolute atomic E-state index is 13.8. The summed E-state index contributed by atoms with van der Waals surface area (Å²) in [6.07, 6.45) is 1.40. The van der Waals surface area contributed by atoms with E-state index in [1.807, 2.05) is 37.4 Å². The number of likely N-dealkylation sites (N-methyl/N-ethyl adjacent to an activating group) is 1. The van der Waals surface area contributed by atoms with E-state index < -0.39 is 11.7 Å². The van der Waals surface area contributed by atoms with Crippen molar-refractivity contribution in [3.63, 3.8) is 0 Å². The second-order valence-electron chi connectivity index (χ2n) is 6.65. The van der Waals surface area contributed by atoms with Crippen LogP contribution in [-0.4, -0.2) is 57.2 Å². The number of likely N-dealkylation sites (tertiary alicyclic amines) is 1. The summed E-state index contributed by atoms with van der Waals surface area (Å²) in [5.41, 5.74) is 0.718. The second-order valence-corrected chi connectivity index (χ2v) is 6.65. The molecule has 4 rings (SSSR count). The first-order valence-corrected chi connectivity index (χ1v) is 8.69. The van der Waals surface area contributed by atoms with Crippen molar-refractivity contribution in [3.05, 3.63) is 66.0 Å². The van der Waals surface area contributed by atoms with Crippen LogP contribution in [0.3, 0.4) is 0 Å². The molecule has 0 aliphatic carbocycles. The standard InChI is InChI=1S/C19H19FN6O/c1-26-10-13(18-23-17(24-25-18)12-6-3-2-4-7-12)15(11-26)22-19(27)16-14(20)8-5-9-21-16/h2-9,13,15H,10-11H2,1H3,(H,22,27)(H,23,24,25)/t13-,15-/m1/s1. The molecule has 0 bridgehead atoms. The predicted octanol–water partition coefficient (Wildman–Crippen LogP) is 1.83. The van der Waals surface area contributed by atoms with Crippen molar-refractivity contribution in [2.75, 3.05) is 20.1 Å². The highest BCUT2D eigenvalue weighted by atomic mass is 19.1. The zero-order valence-electron chi connectivity index (χ0n) is 14.8. The molecule has 138 valence electrons. The van der Waals surface area contributed by atoms with Gasteiger partial charge in [0.05, 0.1) is 12.0 Å². The third-order valence-corrected chi connectivity index (χ3v) is 4.68. The average Bonchev–Trinajstić information content (AvgIpc) is 3.29. The van der Waals surface area contributed by atoms with Crippen molar-refractivity contribution >= 4 is 5.91 Å². The lowest BCUT2D eigenvalue weighted by atomic mass is 10.0. The van der Waals surface area contributed by atoms with E-state index in [9.17, 15) is 9.18 Å². The van der Waals surface area contributed by atoms with Crippen LogP contribution in [0.5, 0.6) is 0 Å². The minimum Gasteiger partial charge on any atom is -0.346 e. The molecule has 1 amide bonds. The van der Waals surface area contributed by atoms with Crippen LogP contribution in [0.2, 0.25) is 0 Å². The number of pyridine rings is 1. The van der Waals surface area contributed by atoms with Crippen molar-refractivity contribution in [3.8, 4) is 11.4 Å². The molecule has 2 aromatic heterocycles. The minimum absolute atomic E-state index is 0.0734. The number of nitrogens with one attached hydrogen (secondary N) is 2. The Kier molecular flexibility index (Phi) is 4.64. The van der Waals surface area contributed by atoms with E-state index in [1.165, 1.54) is 18.3 Å². The second kappa shape index (κ2) is 7.24.